The quantitative estimate of drug-likeness (QED) is 0.797. The first-order chi connectivity index (χ1) is 7.50. The minimum absolute atomic E-state index is 0.105. The van der Waals surface area contributed by atoms with Gasteiger partial charge in [0.15, 0.2) is 0 Å². The Balaban J connectivity index is 2.61. The molecule has 4 heteroatoms. The highest BCUT2D eigenvalue weighted by atomic mass is 16.5. The Morgan fingerprint density at radius 1 is 1.31 bits per heavy atom. The fraction of sp³-hybridized carbons (Fsp3) is 0.333. The highest BCUT2D eigenvalue weighted by Gasteiger charge is 2.26. The lowest BCUT2D eigenvalue weighted by atomic mass is 9.87. The van der Waals surface area contributed by atoms with Crippen LogP contribution in [0.25, 0.3) is 11.1 Å². The molecule has 2 N–H and O–H groups in total. The Labute approximate surface area is 94.5 Å². The molecule has 0 saturated heterocycles. The van der Waals surface area contributed by atoms with E-state index in [0.29, 0.717) is 5.88 Å². The van der Waals surface area contributed by atoms with E-state index in [0.717, 1.165) is 16.8 Å². The van der Waals surface area contributed by atoms with Crippen molar-refractivity contribution in [3.05, 3.63) is 30.2 Å². The van der Waals surface area contributed by atoms with Crippen molar-refractivity contribution in [2.45, 2.75) is 26.2 Å². The van der Waals surface area contributed by atoms with E-state index in [1.54, 1.807) is 12.4 Å². The predicted octanol–water partition coefficient (Wildman–Crippen LogP) is 2.62. The molecule has 0 bridgehead atoms. The molecule has 84 valence electrons. The molecule has 0 unspecified atom stereocenters. The molecule has 0 spiro atoms. The van der Waals surface area contributed by atoms with Crippen LogP contribution in [-0.4, -0.2) is 10.1 Å². The molecule has 0 aliphatic carbocycles. The summed E-state index contributed by atoms with van der Waals surface area (Å²) in [6.07, 6.45) is 3.49. The predicted molar refractivity (Wildman–Crippen MR) is 62.8 cm³/mol. The molecule has 0 atom stereocenters. The normalized spacial score (nSPS) is 11.7. The van der Waals surface area contributed by atoms with Crippen LogP contribution in [0.5, 0.6) is 0 Å². The molecule has 0 radical (unpaired) electrons. The Morgan fingerprint density at radius 3 is 2.62 bits per heavy atom. The van der Waals surface area contributed by atoms with E-state index in [-0.39, 0.29) is 5.41 Å². The Hall–Kier alpha value is -1.84. The summed E-state index contributed by atoms with van der Waals surface area (Å²) in [5.74, 6) is 0.345. The average molecular weight is 217 g/mol. The number of aromatic nitrogens is 2. The Bertz CT molecular complexity index is 483. The molecule has 0 amide bonds. The summed E-state index contributed by atoms with van der Waals surface area (Å²) in [7, 11) is 0. The monoisotopic (exact) mass is 217 g/mol. The van der Waals surface area contributed by atoms with Gasteiger partial charge in [0.1, 0.15) is 0 Å². The minimum Gasteiger partial charge on any atom is -0.367 e. The molecule has 4 nitrogen and oxygen atoms in total. The Kier molecular flexibility index (Phi) is 2.42. The summed E-state index contributed by atoms with van der Waals surface area (Å²) in [5, 5.41) is 4.04. The molecule has 2 aromatic rings. The summed E-state index contributed by atoms with van der Waals surface area (Å²) >= 11 is 0. The zero-order chi connectivity index (χ0) is 11.8. The molecule has 2 aromatic heterocycles. The number of nitrogens with zero attached hydrogens (tertiary/aromatic N) is 2. The first-order valence-electron chi connectivity index (χ1n) is 5.16. The van der Waals surface area contributed by atoms with Gasteiger partial charge in [-0.15, -0.1) is 0 Å². The van der Waals surface area contributed by atoms with Crippen molar-refractivity contribution in [3.8, 4) is 11.1 Å². The van der Waals surface area contributed by atoms with Crippen LogP contribution in [0.4, 0.5) is 5.88 Å². The topological polar surface area (TPSA) is 64.9 Å². The summed E-state index contributed by atoms with van der Waals surface area (Å²) in [4.78, 5) is 4.08. The average Bonchev–Trinajstić information content (AvgIpc) is 2.61. The Morgan fingerprint density at radius 2 is 2.06 bits per heavy atom. The number of pyridine rings is 1. The molecule has 0 saturated carbocycles. The number of hydrogen-bond donors (Lipinski definition) is 1. The lowest BCUT2D eigenvalue weighted by Crippen LogP contribution is -2.13. The van der Waals surface area contributed by atoms with Gasteiger partial charge in [0.2, 0.25) is 5.88 Å². The van der Waals surface area contributed by atoms with Gasteiger partial charge in [0, 0.05) is 23.4 Å². The fourth-order valence-corrected chi connectivity index (χ4v) is 1.60. The maximum absolute atomic E-state index is 5.81. The second kappa shape index (κ2) is 3.63. The van der Waals surface area contributed by atoms with E-state index in [9.17, 15) is 0 Å². The second-order valence-electron chi connectivity index (χ2n) is 4.76. The van der Waals surface area contributed by atoms with E-state index in [1.807, 2.05) is 12.1 Å². The van der Waals surface area contributed by atoms with Crippen LogP contribution in [0.2, 0.25) is 0 Å². The number of rotatable bonds is 1. The smallest absolute Gasteiger partial charge is 0.230 e. The van der Waals surface area contributed by atoms with E-state index in [4.69, 9.17) is 10.3 Å². The summed E-state index contributed by atoms with van der Waals surface area (Å²) in [6.45, 7) is 6.22. The lowest BCUT2D eigenvalue weighted by molar-refractivity contribution is 0.405. The standard InChI is InChI=1S/C12H15N3O/c1-12(2,3)10-9(11(13)16-15-10)8-5-4-6-14-7-8/h4-7H,13H2,1-3H3. The second-order valence-corrected chi connectivity index (χ2v) is 4.76. The minimum atomic E-state index is -0.105. The van der Waals surface area contributed by atoms with E-state index in [1.165, 1.54) is 0 Å². The lowest BCUT2D eigenvalue weighted by Gasteiger charge is -2.16. The van der Waals surface area contributed by atoms with Crippen LogP contribution in [0.3, 0.4) is 0 Å². The molecule has 0 aromatic carbocycles. The van der Waals surface area contributed by atoms with Crippen molar-refractivity contribution in [1.82, 2.24) is 10.1 Å². The van der Waals surface area contributed by atoms with Crippen molar-refractivity contribution < 1.29 is 4.52 Å². The van der Waals surface area contributed by atoms with Gasteiger partial charge in [-0.05, 0) is 6.07 Å². The number of nitrogen functional groups attached to an aromatic ring is 1. The van der Waals surface area contributed by atoms with Gasteiger partial charge in [0.25, 0.3) is 0 Å². The highest BCUT2D eigenvalue weighted by molar-refractivity contribution is 5.75. The van der Waals surface area contributed by atoms with Crippen LogP contribution >= 0.6 is 0 Å². The van der Waals surface area contributed by atoms with Crippen molar-refractivity contribution in [3.63, 3.8) is 0 Å². The molecule has 2 rings (SSSR count). The largest absolute Gasteiger partial charge is 0.367 e. The number of anilines is 1. The van der Waals surface area contributed by atoms with Crippen LogP contribution in [0.15, 0.2) is 29.0 Å². The third-order valence-electron chi connectivity index (χ3n) is 2.38. The summed E-state index contributed by atoms with van der Waals surface area (Å²) in [6, 6.07) is 3.82. The fourth-order valence-electron chi connectivity index (χ4n) is 1.60. The molecule has 16 heavy (non-hydrogen) atoms. The van der Waals surface area contributed by atoms with Gasteiger partial charge >= 0.3 is 0 Å². The zero-order valence-corrected chi connectivity index (χ0v) is 9.69. The summed E-state index contributed by atoms with van der Waals surface area (Å²) < 4.78 is 5.08. The van der Waals surface area contributed by atoms with E-state index < -0.39 is 0 Å². The van der Waals surface area contributed by atoms with Gasteiger partial charge in [-0.25, -0.2) is 0 Å². The van der Waals surface area contributed by atoms with Crippen molar-refractivity contribution in [2.75, 3.05) is 5.73 Å². The number of nitrogens with two attached hydrogens (primary N) is 1. The van der Waals surface area contributed by atoms with Gasteiger partial charge < -0.3 is 10.3 Å². The molecule has 0 fully saturated rings. The first-order valence-corrected chi connectivity index (χ1v) is 5.16. The molecular formula is C12H15N3O. The third kappa shape index (κ3) is 1.78. The maximum Gasteiger partial charge on any atom is 0.230 e. The van der Waals surface area contributed by atoms with Crippen molar-refractivity contribution in [2.24, 2.45) is 0 Å². The van der Waals surface area contributed by atoms with Crippen LogP contribution in [0, 0.1) is 0 Å². The summed E-state index contributed by atoms with van der Waals surface area (Å²) in [5.41, 5.74) is 8.35. The van der Waals surface area contributed by atoms with E-state index >= 15 is 0 Å². The third-order valence-corrected chi connectivity index (χ3v) is 2.38. The van der Waals surface area contributed by atoms with E-state index in [2.05, 4.69) is 30.9 Å². The highest BCUT2D eigenvalue weighted by Crippen LogP contribution is 2.35. The van der Waals surface area contributed by atoms with Crippen LogP contribution in [-0.2, 0) is 5.41 Å². The van der Waals surface area contributed by atoms with Crippen molar-refractivity contribution >= 4 is 5.88 Å². The van der Waals surface area contributed by atoms with Crippen LogP contribution in [0.1, 0.15) is 26.5 Å². The zero-order valence-electron chi connectivity index (χ0n) is 9.69. The number of hydrogen-bond acceptors (Lipinski definition) is 4. The molecular weight excluding hydrogens is 202 g/mol. The van der Waals surface area contributed by atoms with Crippen molar-refractivity contribution in [1.29, 1.82) is 0 Å². The maximum atomic E-state index is 5.81. The molecule has 2 heterocycles. The molecule has 0 aliphatic heterocycles. The van der Waals surface area contributed by atoms with Gasteiger partial charge in [-0.2, -0.15) is 0 Å². The molecule has 0 aliphatic rings. The van der Waals surface area contributed by atoms with Gasteiger partial charge in [-0.3, -0.25) is 4.98 Å². The van der Waals surface area contributed by atoms with Crippen LogP contribution < -0.4 is 5.73 Å². The van der Waals surface area contributed by atoms with Gasteiger partial charge in [0.05, 0.1) is 11.3 Å². The first kappa shape index (κ1) is 10.7. The van der Waals surface area contributed by atoms with Gasteiger partial charge in [-0.1, -0.05) is 32.0 Å². The SMILES string of the molecule is CC(C)(C)c1noc(N)c1-c1cccnc1.